The second kappa shape index (κ2) is 7.31. The van der Waals surface area contributed by atoms with Crippen LogP contribution in [0.1, 0.15) is 18.1 Å². The molecule has 0 saturated carbocycles. The van der Waals surface area contributed by atoms with E-state index in [0.29, 0.717) is 6.61 Å². The molecule has 0 aliphatic heterocycles. The Hall–Kier alpha value is -1.52. The van der Waals surface area contributed by atoms with Crippen LogP contribution in [0.15, 0.2) is 35.0 Å². The number of thiophene rings is 1. The van der Waals surface area contributed by atoms with E-state index in [1.165, 1.54) is 11.1 Å². The van der Waals surface area contributed by atoms with Crippen molar-refractivity contribution < 1.29 is 9.47 Å². The second-order valence-corrected chi connectivity index (χ2v) is 5.68. The van der Waals surface area contributed by atoms with Gasteiger partial charge < -0.3 is 15.2 Å². The first-order valence-corrected chi connectivity index (χ1v) is 7.69. The van der Waals surface area contributed by atoms with Crippen molar-refractivity contribution in [1.82, 2.24) is 0 Å². The minimum Gasteiger partial charge on any atom is -0.493 e. The maximum atomic E-state index is 5.86. The molecule has 20 heavy (non-hydrogen) atoms. The van der Waals surface area contributed by atoms with Gasteiger partial charge in [-0.25, -0.2) is 0 Å². The van der Waals surface area contributed by atoms with Gasteiger partial charge >= 0.3 is 0 Å². The molecule has 0 radical (unpaired) electrons. The van der Waals surface area contributed by atoms with E-state index in [1.807, 2.05) is 25.1 Å². The normalized spacial score (nSPS) is 12.2. The van der Waals surface area contributed by atoms with Gasteiger partial charge in [0.15, 0.2) is 11.5 Å². The van der Waals surface area contributed by atoms with E-state index in [-0.39, 0.29) is 6.04 Å². The highest BCUT2D eigenvalue weighted by Gasteiger charge is 2.07. The molecule has 0 saturated heterocycles. The molecule has 2 aromatic rings. The van der Waals surface area contributed by atoms with Crippen LogP contribution >= 0.6 is 11.3 Å². The Kier molecular flexibility index (Phi) is 5.44. The van der Waals surface area contributed by atoms with Crippen LogP contribution < -0.4 is 15.2 Å². The molecule has 0 spiro atoms. The number of hydrogen-bond donors (Lipinski definition) is 1. The lowest BCUT2D eigenvalue weighted by atomic mass is 10.1. The number of hydrogen-bond acceptors (Lipinski definition) is 4. The largest absolute Gasteiger partial charge is 0.493 e. The summed E-state index contributed by atoms with van der Waals surface area (Å²) in [5, 5.41) is 4.23. The number of methoxy groups -OCH3 is 1. The van der Waals surface area contributed by atoms with E-state index in [9.17, 15) is 0 Å². The fraction of sp³-hybridized carbons (Fsp3) is 0.375. The number of nitrogens with two attached hydrogens (primary N) is 1. The predicted molar refractivity (Wildman–Crippen MR) is 83.9 cm³/mol. The minimum atomic E-state index is 0.141. The zero-order valence-corrected chi connectivity index (χ0v) is 12.8. The Balaban J connectivity index is 2.00. The van der Waals surface area contributed by atoms with Gasteiger partial charge in [0.05, 0.1) is 13.7 Å². The van der Waals surface area contributed by atoms with Crippen molar-refractivity contribution >= 4 is 11.3 Å². The summed E-state index contributed by atoms with van der Waals surface area (Å²) in [7, 11) is 1.66. The smallest absolute Gasteiger partial charge is 0.161 e. The van der Waals surface area contributed by atoms with Crippen molar-refractivity contribution in [2.75, 3.05) is 13.7 Å². The molecular weight excluding hydrogens is 270 g/mol. The average molecular weight is 291 g/mol. The Labute approximate surface area is 124 Å². The lowest BCUT2D eigenvalue weighted by Gasteiger charge is -2.13. The Bertz CT molecular complexity index is 523. The van der Waals surface area contributed by atoms with Crippen LogP contribution in [0, 0.1) is 0 Å². The Morgan fingerprint density at radius 2 is 2.05 bits per heavy atom. The van der Waals surface area contributed by atoms with Crippen molar-refractivity contribution in [3.63, 3.8) is 0 Å². The molecule has 0 bridgehead atoms. The molecule has 1 heterocycles. The molecule has 3 nitrogen and oxygen atoms in total. The molecule has 0 fully saturated rings. The van der Waals surface area contributed by atoms with Gasteiger partial charge in [-0.2, -0.15) is 11.3 Å². The first-order valence-electron chi connectivity index (χ1n) is 6.75. The van der Waals surface area contributed by atoms with Crippen molar-refractivity contribution in [1.29, 1.82) is 0 Å². The molecule has 2 N–H and O–H groups in total. The third-order valence-electron chi connectivity index (χ3n) is 3.01. The third-order valence-corrected chi connectivity index (χ3v) is 3.75. The first-order chi connectivity index (χ1) is 9.69. The quantitative estimate of drug-likeness (QED) is 0.851. The maximum absolute atomic E-state index is 5.86. The lowest BCUT2D eigenvalue weighted by Crippen LogP contribution is -2.17. The summed E-state index contributed by atoms with van der Waals surface area (Å²) in [4.78, 5) is 0. The summed E-state index contributed by atoms with van der Waals surface area (Å²) < 4.78 is 11.2. The summed E-state index contributed by atoms with van der Waals surface area (Å²) in [5.74, 6) is 1.56. The van der Waals surface area contributed by atoms with Gasteiger partial charge in [0.1, 0.15) is 0 Å². The van der Waals surface area contributed by atoms with Crippen LogP contribution in [0.2, 0.25) is 0 Å². The number of rotatable bonds is 7. The van der Waals surface area contributed by atoms with Crippen LogP contribution in [-0.4, -0.2) is 19.8 Å². The van der Waals surface area contributed by atoms with Crippen LogP contribution in [-0.2, 0) is 12.8 Å². The zero-order valence-electron chi connectivity index (χ0n) is 12.0. The number of benzene rings is 1. The van der Waals surface area contributed by atoms with Gasteiger partial charge in [-0.3, -0.25) is 0 Å². The molecule has 1 aromatic carbocycles. The molecule has 0 aliphatic carbocycles. The summed E-state index contributed by atoms with van der Waals surface area (Å²) in [6.45, 7) is 2.65. The molecule has 4 heteroatoms. The fourth-order valence-corrected chi connectivity index (χ4v) is 2.75. The van der Waals surface area contributed by atoms with E-state index in [4.69, 9.17) is 15.2 Å². The maximum Gasteiger partial charge on any atom is 0.161 e. The summed E-state index contributed by atoms with van der Waals surface area (Å²) in [6.07, 6.45) is 1.75. The van der Waals surface area contributed by atoms with E-state index in [1.54, 1.807) is 18.4 Å². The molecule has 1 aromatic heterocycles. The van der Waals surface area contributed by atoms with Crippen LogP contribution in [0.4, 0.5) is 0 Å². The van der Waals surface area contributed by atoms with E-state index >= 15 is 0 Å². The zero-order chi connectivity index (χ0) is 14.4. The van der Waals surface area contributed by atoms with E-state index in [2.05, 4.69) is 16.8 Å². The topological polar surface area (TPSA) is 44.5 Å². The molecule has 0 aliphatic rings. The monoisotopic (exact) mass is 291 g/mol. The highest BCUT2D eigenvalue weighted by Crippen LogP contribution is 2.28. The van der Waals surface area contributed by atoms with Gasteiger partial charge in [0, 0.05) is 12.5 Å². The van der Waals surface area contributed by atoms with Gasteiger partial charge in [0.25, 0.3) is 0 Å². The van der Waals surface area contributed by atoms with Gasteiger partial charge in [-0.15, -0.1) is 0 Å². The van der Waals surface area contributed by atoms with Gasteiger partial charge in [-0.1, -0.05) is 6.07 Å². The molecule has 108 valence electrons. The van der Waals surface area contributed by atoms with E-state index in [0.717, 1.165) is 24.3 Å². The first kappa shape index (κ1) is 14.9. The second-order valence-electron chi connectivity index (χ2n) is 4.90. The minimum absolute atomic E-state index is 0.141. The summed E-state index contributed by atoms with van der Waals surface area (Å²) >= 11 is 1.71. The van der Waals surface area contributed by atoms with Gasteiger partial charge in [-0.05, 0) is 53.4 Å². The van der Waals surface area contributed by atoms with Crippen LogP contribution in [0.25, 0.3) is 0 Å². The lowest BCUT2D eigenvalue weighted by molar-refractivity contribution is 0.297. The highest BCUT2D eigenvalue weighted by molar-refractivity contribution is 7.07. The molecule has 2 rings (SSSR count). The average Bonchev–Trinajstić information content (AvgIpc) is 2.91. The van der Waals surface area contributed by atoms with Crippen molar-refractivity contribution in [2.24, 2.45) is 5.73 Å². The summed E-state index contributed by atoms with van der Waals surface area (Å²) in [6, 6.07) is 8.26. The van der Waals surface area contributed by atoms with E-state index < -0.39 is 0 Å². The van der Waals surface area contributed by atoms with Crippen molar-refractivity contribution in [3.8, 4) is 11.5 Å². The van der Waals surface area contributed by atoms with Gasteiger partial charge in [0.2, 0.25) is 0 Å². The molecule has 1 atom stereocenters. The Morgan fingerprint density at radius 3 is 2.70 bits per heavy atom. The van der Waals surface area contributed by atoms with Crippen LogP contribution in [0.5, 0.6) is 11.5 Å². The van der Waals surface area contributed by atoms with Crippen molar-refractivity contribution in [2.45, 2.75) is 25.8 Å². The summed E-state index contributed by atoms with van der Waals surface area (Å²) in [5.41, 5.74) is 8.32. The third kappa shape index (κ3) is 4.25. The predicted octanol–water partition coefficient (Wildman–Crippen LogP) is 3.27. The standard InChI is InChI=1S/C16H21NO2S/c1-12(17)9-14-3-4-15(18-2)16(10-14)19-7-5-13-6-8-20-11-13/h3-4,6,8,10-12H,5,7,9,17H2,1-2H3. The molecular formula is C16H21NO2S. The SMILES string of the molecule is COc1ccc(CC(C)N)cc1OCCc1ccsc1. The Morgan fingerprint density at radius 1 is 1.20 bits per heavy atom. The molecule has 0 amide bonds. The highest BCUT2D eigenvalue weighted by atomic mass is 32.1. The number of ether oxygens (including phenoxy) is 2. The van der Waals surface area contributed by atoms with Crippen molar-refractivity contribution in [3.05, 3.63) is 46.2 Å². The fourth-order valence-electron chi connectivity index (χ4n) is 2.05. The van der Waals surface area contributed by atoms with Crippen LogP contribution in [0.3, 0.4) is 0 Å². The molecule has 1 unspecified atom stereocenters.